The summed E-state index contributed by atoms with van der Waals surface area (Å²) >= 11 is 5.64. The topological polar surface area (TPSA) is 47.0 Å². The number of anilines is 1. The van der Waals surface area contributed by atoms with Gasteiger partial charge in [-0.15, -0.1) is 0 Å². The van der Waals surface area contributed by atoms with E-state index in [0.717, 1.165) is 0 Å². The highest BCUT2D eigenvalue weighted by atomic mass is 35.5. The van der Waals surface area contributed by atoms with Crippen molar-refractivity contribution in [1.29, 1.82) is 0 Å². The van der Waals surface area contributed by atoms with Gasteiger partial charge < -0.3 is 10.1 Å². The van der Waals surface area contributed by atoms with E-state index in [0.29, 0.717) is 0 Å². The van der Waals surface area contributed by atoms with Crippen molar-refractivity contribution in [2.45, 2.75) is 12.6 Å². The molecule has 16 heavy (non-hydrogen) atoms. The highest BCUT2D eigenvalue weighted by Gasteiger charge is 2.27. The van der Waals surface area contributed by atoms with Gasteiger partial charge in [0.2, 0.25) is 11.8 Å². The molecule has 1 aromatic rings. The predicted molar refractivity (Wildman–Crippen MR) is 52.8 cm³/mol. The molecule has 8 heteroatoms. The summed E-state index contributed by atoms with van der Waals surface area (Å²) in [5.74, 6) is 0.164. The van der Waals surface area contributed by atoms with Gasteiger partial charge >= 0.3 is 6.18 Å². The second kappa shape index (κ2) is 5.20. The van der Waals surface area contributed by atoms with Crippen LogP contribution in [0.4, 0.5) is 19.1 Å². The molecule has 0 saturated carbocycles. The van der Waals surface area contributed by atoms with Crippen molar-refractivity contribution in [3.8, 4) is 5.88 Å². The molecule has 0 aromatic carbocycles. The molecule has 0 fully saturated rings. The highest BCUT2D eigenvalue weighted by Crippen LogP contribution is 2.24. The zero-order chi connectivity index (χ0) is 12.2. The van der Waals surface area contributed by atoms with Crippen molar-refractivity contribution < 1.29 is 17.9 Å². The van der Waals surface area contributed by atoms with Gasteiger partial charge in [0.25, 0.3) is 0 Å². The van der Waals surface area contributed by atoms with E-state index in [4.69, 9.17) is 16.3 Å². The number of hydrogen-bond acceptors (Lipinski definition) is 4. The molecule has 1 N–H and O–H groups in total. The number of nitrogens with one attached hydrogen (secondary N) is 1. The number of hydrogen-bond donors (Lipinski definition) is 1. The highest BCUT2D eigenvalue weighted by molar-refractivity contribution is 6.31. The summed E-state index contributed by atoms with van der Waals surface area (Å²) in [7, 11) is 1.57. The fourth-order valence-corrected chi connectivity index (χ4v) is 0.982. The van der Waals surface area contributed by atoms with E-state index in [1.807, 2.05) is 0 Å². The molecule has 1 heterocycles. The van der Waals surface area contributed by atoms with Gasteiger partial charge in [-0.3, -0.25) is 0 Å². The number of alkyl halides is 3. The van der Waals surface area contributed by atoms with Crippen LogP contribution in [-0.2, 0) is 0 Å². The first-order chi connectivity index (χ1) is 7.42. The summed E-state index contributed by atoms with van der Waals surface area (Å²) < 4.78 is 40.4. The van der Waals surface area contributed by atoms with Crippen molar-refractivity contribution >= 4 is 17.5 Å². The molecule has 0 saturated heterocycles. The first-order valence-corrected chi connectivity index (χ1v) is 4.70. The van der Waals surface area contributed by atoms with E-state index in [1.54, 1.807) is 7.05 Å². The number of nitrogens with zero attached hydrogens (tertiary/aromatic N) is 2. The van der Waals surface area contributed by atoms with Gasteiger partial charge in [-0.25, -0.2) is 4.98 Å². The second-order valence-electron chi connectivity index (χ2n) is 2.81. The summed E-state index contributed by atoms with van der Waals surface area (Å²) in [5.41, 5.74) is 0. The van der Waals surface area contributed by atoms with Crippen LogP contribution in [0.1, 0.15) is 6.42 Å². The molecule has 1 aromatic heterocycles. The number of ether oxygens (including phenoxy) is 1. The Morgan fingerprint density at radius 2 is 2.19 bits per heavy atom. The van der Waals surface area contributed by atoms with Crippen molar-refractivity contribution in [2.75, 3.05) is 19.0 Å². The normalized spacial score (nSPS) is 11.3. The largest absolute Gasteiger partial charge is 0.476 e. The molecule has 0 aliphatic carbocycles. The summed E-state index contributed by atoms with van der Waals surface area (Å²) in [6, 6.07) is 0. The van der Waals surface area contributed by atoms with E-state index < -0.39 is 19.2 Å². The zero-order valence-electron chi connectivity index (χ0n) is 8.31. The van der Waals surface area contributed by atoms with Gasteiger partial charge in [0, 0.05) is 7.05 Å². The molecule has 0 radical (unpaired) electrons. The van der Waals surface area contributed by atoms with Gasteiger partial charge in [0.1, 0.15) is 5.02 Å². The SMILES string of the molecule is CNc1ncc(Cl)c(OCCC(F)(F)F)n1. The van der Waals surface area contributed by atoms with Crippen LogP contribution in [0.25, 0.3) is 0 Å². The van der Waals surface area contributed by atoms with Crippen LogP contribution in [0, 0.1) is 0 Å². The minimum Gasteiger partial charge on any atom is -0.476 e. The van der Waals surface area contributed by atoms with E-state index in [9.17, 15) is 13.2 Å². The lowest BCUT2D eigenvalue weighted by molar-refractivity contribution is -0.139. The Morgan fingerprint density at radius 1 is 1.50 bits per heavy atom. The van der Waals surface area contributed by atoms with Gasteiger partial charge in [0.15, 0.2) is 0 Å². The molecule has 0 atom stereocenters. The van der Waals surface area contributed by atoms with Gasteiger partial charge in [0.05, 0.1) is 19.2 Å². The third-order valence-electron chi connectivity index (χ3n) is 1.56. The average Bonchev–Trinajstić information content (AvgIpc) is 2.19. The van der Waals surface area contributed by atoms with E-state index in [-0.39, 0.29) is 16.9 Å². The Balaban J connectivity index is 2.59. The van der Waals surface area contributed by atoms with Crippen molar-refractivity contribution in [1.82, 2.24) is 9.97 Å². The minimum atomic E-state index is -4.26. The lowest BCUT2D eigenvalue weighted by Crippen LogP contribution is -2.13. The Morgan fingerprint density at radius 3 is 2.75 bits per heavy atom. The van der Waals surface area contributed by atoms with Crippen LogP contribution in [0.15, 0.2) is 6.20 Å². The van der Waals surface area contributed by atoms with Crippen LogP contribution >= 0.6 is 11.6 Å². The number of aromatic nitrogens is 2. The molecule has 0 unspecified atom stereocenters. The van der Waals surface area contributed by atoms with Crippen LogP contribution < -0.4 is 10.1 Å². The molecule has 0 aliphatic heterocycles. The summed E-state index contributed by atoms with van der Waals surface area (Å²) in [4.78, 5) is 7.52. The summed E-state index contributed by atoms with van der Waals surface area (Å²) in [6.07, 6.45) is -4.06. The summed E-state index contributed by atoms with van der Waals surface area (Å²) in [5, 5.41) is 2.69. The third kappa shape index (κ3) is 4.09. The van der Waals surface area contributed by atoms with Gasteiger partial charge in [-0.2, -0.15) is 18.2 Å². The fourth-order valence-electron chi connectivity index (χ4n) is 0.837. The quantitative estimate of drug-likeness (QED) is 0.898. The Kier molecular flexibility index (Phi) is 4.17. The Bertz CT molecular complexity index is 359. The maximum Gasteiger partial charge on any atom is 0.392 e. The van der Waals surface area contributed by atoms with E-state index >= 15 is 0 Å². The molecular weight excluding hydrogens is 247 g/mol. The van der Waals surface area contributed by atoms with E-state index in [1.165, 1.54) is 6.20 Å². The fraction of sp³-hybridized carbons (Fsp3) is 0.500. The van der Waals surface area contributed by atoms with Crippen LogP contribution in [-0.4, -0.2) is 29.8 Å². The van der Waals surface area contributed by atoms with Gasteiger partial charge in [-0.1, -0.05) is 11.6 Å². The maximum absolute atomic E-state index is 11.8. The molecule has 0 amide bonds. The van der Waals surface area contributed by atoms with Crippen molar-refractivity contribution in [3.63, 3.8) is 0 Å². The molecular formula is C8H9ClF3N3O. The summed E-state index contributed by atoms with van der Waals surface area (Å²) in [6.45, 7) is -0.524. The Hall–Kier alpha value is -1.24. The van der Waals surface area contributed by atoms with Crippen LogP contribution in [0.3, 0.4) is 0 Å². The molecule has 0 aliphatic rings. The van der Waals surface area contributed by atoms with Crippen LogP contribution in [0.2, 0.25) is 5.02 Å². The third-order valence-corrected chi connectivity index (χ3v) is 1.82. The molecule has 1 rings (SSSR count). The smallest absolute Gasteiger partial charge is 0.392 e. The maximum atomic E-state index is 11.8. The predicted octanol–water partition coefficient (Wildman–Crippen LogP) is 2.50. The molecule has 0 bridgehead atoms. The first-order valence-electron chi connectivity index (χ1n) is 4.32. The monoisotopic (exact) mass is 255 g/mol. The number of halogens is 4. The van der Waals surface area contributed by atoms with Crippen LogP contribution in [0.5, 0.6) is 5.88 Å². The minimum absolute atomic E-state index is 0.0646. The zero-order valence-corrected chi connectivity index (χ0v) is 9.06. The standard InChI is InChI=1S/C8H9ClF3N3O/c1-13-7-14-4-5(9)6(15-7)16-3-2-8(10,11)12/h4H,2-3H2,1H3,(H,13,14,15). The second-order valence-corrected chi connectivity index (χ2v) is 3.22. The molecule has 4 nitrogen and oxygen atoms in total. The van der Waals surface area contributed by atoms with Crippen molar-refractivity contribution in [3.05, 3.63) is 11.2 Å². The molecule has 90 valence electrons. The average molecular weight is 256 g/mol. The lowest BCUT2D eigenvalue weighted by Gasteiger charge is -2.09. The number of rotatable bonds is 4. The van der Waals surface area contributed by atoms with Crippen molar-refractivity contribution in [2.24, 2.45) is 0 Å². The Labute approximate surface area is 94.8 Å². The first kappa shape index (κ1) is 12.8. The molecule has 0 spiro atoms. The van der Waals surface area contributed by atoms with Gasteiger partial charge in [-0.05, 0) is 0 Å². The lowest BCUT2D eigenvalue weighted by atomic mass is 10.4. The van der Waals surface area contributed by atoms with E-state index in [2.05, 4.69) is 15.3 Å².